The van der Waals surface area contributed by atoms with Gasteiger partial charge in [0.15, 0.2) is 0 Å². The molecule has 0 spiro atoms. The van der Waals surface area contributed by atoms with Crippen LogP contribution in [0.3, 0.4) is 0 Å². The van der Waals surface area contributed by atoms with E-state index in [-0.39, 0.29) is 11.3 Å². The first kappa shape index (κ1) is 11.6. The predicted molar refractivity (Wildman–Crippen MR) is 58.2 cm³/mol. The Bertz CT molecular complexity index is 356. The van der Waals surface area contributed by atoms with Crippen LogP contribution in [0.25, 0.3) is 0 Å². The number of carboxylic acid groups (broad SMARTS) is 1. The Balaban J connectivity index is 2.97. The van der Waals surface area contributed by atoms with Gasteiger partial charge in [-0.15, -0.1) is 0 Å². The van der Waals surface area contributed by atoms with Crippen LogP contribution < -0.4 is 0 Å². The van der Waals surface area contributed by atoms with E-state index in [0.29, 0.717) is 17.9 Å². The number of phenolic OH excluding ortho intramolecular Hbond substituents is 1. The van der Waals surface area contributed by atoms with Gasteiger partial charge in [-0.2, -0.15) is 0 Å². The van der Waals surface area contributed by atoms with Gasteiger partial charge in [0.1, 0.15) is 5.75 Å². The Morgan fingerprint density at radius 3 is 2.60 bits per heavy atom. The Morgan fingerprint density at radius 2 is 2.07 bits per heavy atom. The quantitative estimate of drug-likeness (QED) is 0.799. The van der Waals surface area contributed by atoms with Gasteiger partial charge in [-0.05, 0) is 30.9 Å². The van der Waals surface area contributed by atoms with Crippen molar-refractivity contribution in [3.05, 3.63) is 29.3 Å². The molecule has 0 amide bonds. The van der Waals surface area contributed by atoms with E-state index in [0.717, 1.165) is 6.42 Å². The van der Waals surface area contributed by atoms with E-state index in [4.69, 9.17) is 5.11 Å². The largest absolute Gasteiger partial charge is 0.508 e. The SMILES string of the molecule is CC(C)CCc1c(O)cccc1C(=O)O. The molecule has 0 heterocycles. The van der Waals surface area contributed by atoms with Crippen LogP contribution in [0.4, 0.5) is 0 Å². The van der Waals surface area contributed by atoms with E-state index in [1.807, 2.05) is 0 Å². The Kier molecular flexibility index (Phi) is 3.72. The predicted octanol–water partition coefficient (Wildman–Crippen LogP) is 2.68. The summed E-state index contributed by atoms with van der Waals surface area (Å²) < 4.78 is 0. The van der Waals surface area contributed by atoms with E-state index in [1.54, 1.807) is 6.07 Å². The van der Waals surface area contributed by atoms with E-state index >= 15 is 0 Å². The van der Waals surface area contributed by atoms with Gasteiger partial charge in [0.25, 0.3) is 0 Å². The minimum Gasteiger partial charge on any atom is -0.508 e. The van der Waals surface area contributed by atoms with E-state index < -0.39 is 5.97 Å². The fourth-order valence-corrected chi connectivity index (χ4v) is 1.47. The molecular weight excluding hydrogens is 192 g/mol. The maximum atomic E-state index is 10.9. The first-order valence-electron chi connectivity index (χ1n) is 5.06. The third kappa shape index (κ3) is 2.98. The number of aromatic hydroxyl groups is 1. The van der Waals surface area contributed by atoms with Crippen molar-refractivity contribution in [3.8, 4) is 5.75 Å². The average molecular weight is 208 g/mol. The van der Waals surface area contributed by atoms with E-state index in [2.05, 4.69) is 13.8 Å². The first-order chi connectivity index (χ1) is 7.02. The van der Waals surface area contributed by atoms with Crippen LogP contribution in [0.5, 0.6) is 5.75 Å². The van der Waals surface area contributed by atoms with Crippen LogP contribution in [0.1, 0.15) is 36.2 Å². The van der Waals surface area contributed by atoms with Gasteiger partial charge < -0.3 is 10.2 Å². The summed E-state index contributed by atoms with van der Waals surface area (Å²) in [6.45, 7) is 4.14. The molecule has 1 rings (SSSR count). The summed E-state index contributed by atoms with van der Waals surface area (Å²) in [6.07, 6.45) is 1.48. The summed E-state index contributed by atoms with van der Waals surface area (Å²) in [4.78, 5) is 10.9. The zero-order valence-corrected chi connectivity index (χ0v) is 9.03. The smallest absolute Gasteiger partial charge is 0.336 e. The topological polar surface area (TPSA) is 57.5 Å². The Labute approximate surface area is 89.4 Å². The van der Waals surface area contributed by atoms with Crippen molar-refractivity contribution in [1.82, 2.24) is 0 Å². The normalized spacial score (nSPS) is 10.6. The summed E-state index contributed by atoms with van der Waals surface area (Å²) in [7, 11) is 0. The molecule has 0 aromatic heterocycles. The summed E-state index contributed by atoms with van der Waals surface area (Å²) >= 11 is 0. The molecule has 15 heavy (non-hydrogen) atoms. The molecule has 2 N–H and O–H groups in total. The fourth-order valence-electron chi connectivity index (χ4n) is 1.47. The van der Waals surface area contributed by atoms with Crippen LogP contribution in [0.2, 0.25) is 0 Å². The monoisotopic (exact) mass is 208 g/mol. The van der Waals surface area contributed by atoms with E-state index in [1.165, 1.54) is 12.1 Å². The number of rotatable bonds is 4. The highest BCUT2D eigenvalue weighted by Gasteiger charge is 2.13. The molecule has 0 aliphatic heterocycles. The number of carbonyl (C=O) groups is 1. The molecule has 0 saturated heterocycles. The molecule has 0 aliphatic carbocycles. The number of hydrogen-bond acceptors (Lipinski definition) is 2. The lowest BCUT2D eigenvalue weighted by Crippen LogP contribution is -2.04. The molecule has 1 aromatic carbocycles. The second kappa shape index (κ2) is 4.82. The fraction of sp³-hybridized carbons (Fsp3) is 0.417. The molecule has 3 heteroatoms. The standard InChI is InChI=1S/C12H16O3/c1-8(2)6-7-9-10(12(14)15)4-3-5-11(9)13/h3-5,8,13H,6-7H2,1-2H3,(H,14,15). The van der Waals surface area contributed by atoms with Crippen molar-refractivity contribution in [3.63, 3.8) is 0 Å². The van der Waals surface area contributed by atoms with Crippen LogP contribution in [0, 0.1) is 5.92 Å². The van der Waals surface area contributed by atoms with Gasteiger partial charge >= 0.3 is 5.97 Å². The molecule has 0 bridgehead atoms. The molecule has 0 saturated carbocycles. The van der Waals surface area contributed by atoms with Crippen LogP contribution in [0.15, 0.2) is 18.2 Å². The van der Waals surface area contributed by atoms with Gasteiger partial charge in [-0.3, -0.25) is 0 Å². The number of phenols is 1. The second-order valence-corrected chi connectivity index (χ2v) is 4.04. The maximum absolute atomic E-state index is 10.9. The van der Waals surface area contributed by atoms with Gasteiger partial charge in [-0.1, -0.05) is 19.9 Å². The van der Waals surface area contributed by atoms with Gasteiger partial charge in [0.05, 0.1) is 5.56 Å². The molecule has 0 fully saturated rings. The minimum absolute atomic E-state index is 0.0792. The van der Waals surface area contributed by atoms with Crippen LogP contribution in [-0.2, 0) is 6.42 Å². The summed E-state index contributed by atoms with van der Waals surface area (Å²) in [5.41, 5.74) is 0.745. The lowest BCUT2D eigenvalue weighted by molar-refractivity contribution is 0.0695. The van der Waals surface area contributed by atoms with Crippen molar-refractivity contribution >= 4 is 5.97 Å². The van der Waals surface area contributed by atoms with Crippen molar-refractivity contribution in [2.75, 3.05) is 0 Å². The first-order valence-corrected chi connectivity index (χ1v) is 5.06. The van der Waals surface area contributed by atoms with Crippen LogP contribution >= 0.6 is 0 Å². The molecule has 82 valence electrons. The Morgan fingerprint density at radius 1 is 1.40 bits per heavy atom. The third-order valence-corrected chi connectivity index (χ3v) is 2.35. The molecule has 0 atom stereocenters. The average Bonchev–Trinajstić information content (AvgIpc) is 2.15. The molecule has 0 radical (unpaired) electrons. The van der Waals surface area contributed by atoms with Gasteiger partial charge in [0.2, 0.25) is 0 Å². The number of carboxylic acids is 1. The van der Waals surface area contributed by atoms with Crippen molar-refractivity contribution in [2.24, 2.45) is 5.92 Å². The minimum atomic E-state index is -0.982. The summed E-state index contributed by atoms with van der Waals surface area (Å²) in [5.74, 6) is -0.411. The molecule has 0 unspecified atom stereocenters. The molecule has 1 aromatic rings. The maximum Gasteiger partial charge on any atom is 0.336 e. The highest BCUT2D eigenvalue weighted by molar-refractivity contribution is 5.90. The molecular formula is C12H16O3. The molecule has 3 nitrogen and oxygen atoms in total. The van der Waals surface area contributed by atoms with Crippen molar-refractivity contribution in [2.45, 2.75) is 26.7 Å². The van der Waals surface area contributed by atoms with Crippen LogP contribution in [-0.4, -0.2) is 16.2 Å². The lowest BCUT2D eigenvalue weighted by atomic mass is 9.97. The Hall–Kier alpha value is -1.51. The highest BCUT2D eigenvalue weighted by atomic mass is 16.4. The number of benzene rings is 1. The van der Waals surface area contributed by atoms with Crippen molar-refractivity contribution < 1.29 is 15.0 Å². The number of aromatic carboxylic acids is 1. The zero-order chi connectivity index (χ0) is 11.4. The third-order valence-electron chi connectivity index (χ3n) is 2.35. The van der Waals surface area contributed by atoms with Crippen molar-refractivity contribution in [1.29, 1.82) is 0 Å². The zero-order valence-electron chi connectivity index (χ0n) is 9.03. The lowest BCUT2D eigenvalue weighted by Gasteiger charge is -2.09. The molecule has 0 aliphatic rings. The van der Waals surface area contributed by atoms with Gasteiger partial charge in [-0.25, -0.2) is 4.79 Å². The second-order valence-electron chi connectivity index (χ2n) is 4.04. The highest BCUT2D eigenvalue weighted by Crippen LogP contribution is 2.23. The number of hydrogen-bond donors (Lipinski definition) is 2. The summed E-state index contributed by atoms with van der Waals surface area (Å²) in [6, 6.07) is 4.61. The van der Waals surface area contributed by atoms with E-state index in [9.17, 15) is 9.90 Å². The van der Waals surface area contributed by atoms with Gasteiger partial charge in [0, 0.05) is 5.56 Å². The summed E-state index contributed by atoms with van der Waals surface area (Å²) in [5, 5.41) is 18.5.